The fourth-order valence-corrected chi connectivity index (χ4v) is 3.36. The van der Waals surface area contributed by atoms with Gasteiger partial charge in [-0.05, 0) is 24.3 Å². The van der Waals surface area contributed by atoms with E-state index in [4.69, 9.17) is 4.42 Å². The molecule has 0 atom stereocenters. The van der Waals surface area contributed by atoms with Crippen LogP contribution in [0.2, 0.25) is 0 Å². The van der Waals surface area contributed by atoms with Gasteiger partial charge in [0, 0.05) is 5.39 Å². The Bertz CT molecular complexity index is 1030. The minimum Gasteiger partial charge on any atom is -0.503 e. The summed E-state index contributed by atoms with van der Waals surface area (Å²) in [4.78, 5) is 4.42. The molecule has 0 bridgehead atoms. The zero-order valence-corrected chi connectivity index (χ0v) is 12.7. The number of para-hydroxylation sites is 2. The van der Waals surface area contributed by atoms with E-state index in [2.05, 4.69) is 4.98 Å². The number of hydrogen-bond donors (Lipinski definition) is 1. The first-order chi connectivity index (χ1) is 11.3. The van der Waals surface area contributed by atoms with E-state index < -0.39 is 0 Å². The molecule has 2 heterocycles. The molecule has 0 saturated heterocycles. The van der Waals surface area contributed by atoms with Crippen molar-refractivity contribution < 1.29 is 9.52 Å². The van der Waals surface area contributed by atoms with E-state index in [1.807, 2.05) is 54.6 Å². The molecule has 1 N–H and O–H groups in total. The molecular weight excluding hydrogens is 308 g/mol. The topological polar surface area (TPSA) is 70.0 Å². The van der Waals surface area contributed by atoms with Crippen LogP contribution in [-0.4, -0.2) is 10.1 Å². The molecule has 23 heavy (non-hydrogen) atoms. The van der Waals surface area contributed by atoms with Gasteiger partial charge in [-0.3, -0.25) is 0 Å². The zero-order valence-electron chi connectivity index (χ0n) is 11.9. The molecule has 0 amide bonds. The monoisotopic (exact) mass is 318 g/mol. The molecule has 0 saturated carbocycles. The largest absolute Gasteiger partial charge is 0.503 e. The Kier molecular flexibility index (Phi) is 3.11. The first-order valence-electron chi connectivity index (χ1n) is 6.94. The van der Waals surface area contributed by atoms with Crippen LogP contribution in [0, 0.1) is 11.3 Å². The summed E-state index contributed by atoms with van der Waals surface area (Å²) in [6.45, 7) is 0. The molecule has 0 aliphatic rings. The molecule has 4 rings (SSSR count). The van der Waals surface area contributed by atoms with Crippen molar-refractivity contribution in [1.29, 1.82) is 5.26 Å². The maximum Gasteiger partial charge on any atom is 0.179 e. The lowest BCUT2D eigenvalue weighted by Crippen LogP contribution is -1.87. The van der Waals surface area contributed by atoms with E-state index in [1.165, 1.54) is 11.3 Å². The highest BCUT2D eigenvalue weighted by atomic mass is 32.1. The first kappa shape index (κ1) is 13.6. The van der Waals surface area contributed by atoms with Crippen LogP contribution in [0.1, 0.15) is 10.8 Å². The molecule has 0 spiro atoms. The number of nitrogens with zero attached hydrogens (tertiary/aromatic N) is 2. The average molecular weight is 318 g/mol. The minimum absolute atomic E-state index is 0.116. The van der Waals surface area contributed by atoms with Gasteiger partial charge in [-0.15, -0.1) is 11.3 Å². The van der Waals surface area contributed by atoms with E-state index in [-0.39, 0.29) is 17.1 Å². The van der Waals surface area contributed by atoms with Gasteiger partial charge in [0.25, 0.3) is 0 Å². The normalized spacial score (nSPS) is 12.3. The molecule has 0 radical (unpaired) electrons. The van der Waals surface area contributed by atoms with Gasteiger partial charge >= 0.3 is 0 Å². The van der Waals surface area contributed by atoms with Crippen molar-refractivity contribution in [3.63, 3.8) is 0 Å². The van der Waals surface area contributed by atoms with Crippen molar-refractivity contribution in [2.24, 2.45) is 0 Å². The lowest BCUT2D eigenvalue weighted by Gasteiger charge is -1.97. The third-order valence-electron chi connectivity index (χ3n) is 3.52. The molecule has 110 valence electrons. The standard InChI is InChI=1S/C18H10N2O2S/c19-10-12(18-20-13-6-2-4-8-16(13)23-18)17(21)15-9-11-5-1-3-7-14(11)22-15/h1-9,21H/b17-12-. The molecule has 5 heteroatoms. The Balaban J connectivity index is 1.89. The number of thiazole rings is 1. The van der Waals surface area contributed by atoms with Crippen LogP contribution in [-0.2, 0) is 0 Å². The number of aliphatic hydroxyl groups excluding tert-OH is 1. The summed E-state index contributed by atoms with van der Waals surface area (Å²) in [6, 6.07) is 18.8. The number of benzene rings is 2. The molecule has 0 aliphatic carbocycles. The van der Waals surface area contributed by atoms with Gasteiger partial charge in [-0.1, -0.05) is 30.3 Å². The van der Waals surface area contributed by atoms with Crippen molar-refractivity contribution >= 4 is 43.9 Å². The van der Waals surface area contributed by atoms with Crippen molar-refractivity contribution in [2.75, 3.05) is 0 Å². The van der Waals surface area contributed by atoms with Crippen LogP contribution in [0.25, 0.3) is 32.5 Å². The summed E-state index contributed by atoms with van der Waals surface area (Å²) in [5.74, 6) is 0.0739. The molecule has 0 aliphatic heterocycles. The Hall–Kier alpha value is -3.10. The molecular formula is C18H10N2O2S. The van der Waals surface area contributed by atoms with Gasteiger partial charge in [0.05, 0.1) is 10.2 Å². The number of furan rings is 1. The first-order valence-corrected chi connectivity index (χ1v) is 7.76. The smallest absolute Gasteiger partial charge is 0.179 e. The summed E-state index contributed by atoms with van der Waals surface area (Å²) < 4.78 is 6.59. The van der Waals surface area contributed by atoms with Gasteiger partial charge in [-0.25, -0.2) is 4.98 Å². The molecule has 2 aromatic carbocycles. The summed E-state index contributed by atoms with van der Waals surface area (Å²) in [5.41, 5.74) is 1.58. The summed E-state index contributed by atoms with van der Waals surface area (Å²) in [7, 11) is 0. The third-order valence-corrected chi connectivity index (χ3v) is 4.57. The fraction of sp³-hybridized carbons (Fsp3) is 0. The van der Waals surface area contributed by atoms with Crippen molar-refractivity contribution in [1.82, 2.24) is 4.98 Å². The predicted molar refractivity (Wildman–Crippen MR) is 90.9 cm³/mol. The van der Waals surface area contributed by atoms with Crippen molar-refractivity contribution in [3.8, 4) is 6.07 Å². The van der Waals surface area contributed by atoms with Gasteiger partial charge in [0.2, 0.25) is 0 Å². The quantitative estimate of drug-likeness (QED) is 0.417. The fourth-order valence-electron chi connectivity index (χ4n) is 2.40. The number of aromatic nitrogens is 1. The molecule has 0 unspecified atom stereocenters. The zero-order chi connectivity index (χ0) is 15.8. The maximum atomic E-state index is 10.5. The lowest BCUT2D eigenvalue weighted by atomic mass is 10.2. The van der Waals surface area contributed by atoms with Crippen molar-refractivity contribution in [3.05, 3.63) is 65.4 Å². The second-order valence-electron chi connectivity index (χ2n) is 4.97. The van der Waals surface area contributed by atoms with Crippen LogP contribution in [0.3, 0.4) is 0 Å². The van der Waals surface area contributed by atoms with E-state index in [1.54, 1.807) is 6.07 Å². The number of allylic oxidation sites excluding steroid dienone is 1. The second kappa shape index (κ2) is 5.27. The van der Waals surface area contributed by atoms with Crippen LogP contribution >= 0.6 is 11.3 Å². The number of rotatable bonds is 2. The van der Waals surface area contributed by atoms with Crippen LogP contribution in [0.15, 0.2) is 59.0 Å². The highest BCUT2D eigenvalue weighted by Crippen LogP contribution is 2.32. The minimum atomic E-state index is -0.192. The van der Waals surface area contributed by atoms with Gasteiger partial charge < -0.3 is 9.52 Å². The van der Waals surface area contributed by atoms with Crippen molar-refractivity contribution in [2.45, 2.75) is 0 Å². The second-order valence-corrected chi connectivity index (χ2v) is 6.00. The SMILES string of the molecule is N#C/C(=C(/O)c1cc2ccccc2o1)c1nc2ccccc2s1. The lowest BCUT2D eigenvalue weighted by molar-refractivity contribution is 0.473. The van der Waals surface area contributed by atoms with Gasteiger partial charge in [0.15, 0.2) is 11.5 Å². The Morgan fingerprint density at radius 2 is 1.91 bits per heavy atom. The molecule has 0 fully saturated rings. The summed E-state index contributed by atoms with van der Waals surface area (Å²) in [6.07, 6.45) is 0. The third kappa shape index (κ3) is 2.26. The van der Waals surface area contributed by atoms with Crippen LogP contribution in [0.5, 0.6) is 0 Å². The highest BCUT2D eigenvalue weighted by Gasteiger charge is 2.18. The number of aliphatic hydroxyl groups is 1. The van der Waals surface area contributed by atoms with E-state index in [0.717, 1.165) is 15.6 Å². The number of nitriles is 1. The van der Waals surface area contributed by atoms with Gasteiger partial charge in [0.1, 0.15) is 22.2 Å². The van der Waals surface area contributed by atoms with E-state index in [0.29, 0.717) is 10.6 Å². The van der Waals surface area contributed by atoms with E-state index >= 15 is 0 Å². The molecule has 2 aromatic heterocycles. The predicted octanol–water partition coefficient (Wildman–Crippen LogP) is 4.99. The Morgan fingerprint density at radius 3 is 2.70 bits per heavy atom. The van der Waals surface area contributed by atoms with Crippen LogP contribution in [0.4, 0.5) is 0 Å². The van der Waals surface area contributed by atoms with Crippen LogP contribution < -0.4 is 0 Å². The highest BCUT2D eigenvalue weighted by molar-refractivity contribution is 7.19. The Morgan fingerprint density at radius 1 is 1.13 bits per heavy atom. The number of fused-ring (bicyclic) bond motifs is 2. The molecule has 4 aromatic rings. The number of hydrogen-bond acceptors (Lipinski definition) is 5. The maximum absolute atomic E-state index is 10.5. The average Bonchev–Trinajstić information content (AvgIpc) is 3.19. The Labute approximate surface area is 135 Å². The van der Waals surface area contributed by atoms with E-state index in [9.17, 15) is 10.4 Å². The summed E-state index contributed by atoms with van der Waals surface area (Å²) >= 11 is 1.37. The van der Waals surface area contributed by atoms with Gasteiger partial charge in [-0.2, -0.15) is 5.26 Å². The molecule has 4 nitrogen and oxygen atoms in total. The summed E-state index contributed by atoms with van der Waals surface area (Å²) in [5, 5.41) is 21.3.